The van der Waals surface area contributed by atoms with Gasteiger partial charge in [-0.15, -0.1) is 0 Å². The van der Waals surface area contributed by atoms with Gasteiger partial charge in [-0.25, -0.2) is 9.59 Å². The lowest BCUT2D eigenvalue weighted by molar-refractivity contribution is -0.146. The molecule has 0 radical (unpaired) electrons. The van der Waals surface area contributed by atoms with E-state index in [0.29, 0.717) is 17.2 Å². The predicted molar refractivity (Wildman–Crippen MR) is 154 cm³/mol. The van der Waals surface area contributed by atoms with E-state index in [0.717, 1.165) is 15.7 Å². The van der Waals surface area contributed by atoms with Crippen molar-refractivity contribution in [3.63, 3.8) is 0 Å². The molecule has 0 spiro atoms. The Bertz CT molecular complexity index is 1290. The molecule has 204 valence electrons. The first-order chi connectivity index (χ1) is 18.8. The van der Waals surface area contributed by atoms with Crippen molar-refractivity contribution >= 4 is 45.2 Å². The van der Waals surface area contributed by atoms with E-state index in [9.17, 15) is 19.5 Å². The second kappa shape index (κ2) is 13.4. The summed E-state index contributed by atoms with van der Waals surface area (Å²) < 4.78 is 0.855. The number of carbonyl (C=O) groups is 3. The fraction of sp³-hybridized carbons (Fsp3) is 0.300. The van der Waals surface area contributed by atoms with Crippen LogP contribution in [0.25, 0.3) is 0 Å². The van der Waals surface area contributed by atoms with Gasteiger partial charge in [0.25, 0.3) is 5.91 Å². The van der Waals surface area contributed by atoms with Gasteiger partial charge >= 0.3 is 12.0 Å². The monoisotopic (exact) mass is 593 g/mol. The van der Waals surface area contributed by atoms with Crippen molar-refractivity contribution in [2.45, 2.75) is 50.7 Å². The molecule has 0 aromatic heterocycles. The van der Waals surface area contributed by atoms with Gasteiger partial charge in [0, 0.05) is 21.4 Å². The minimum Gasteiger partial charge on any atom is -0.479 e. The Morgan fingerprint density at radius 1 is 0.949 bits per heavy atom. The van der Waals surface area contributed by atoms with Crippen molar-refractivity contribution in [3.05, 3.63) is 94.0 Å². The fourth-order valence-corrected chi connectivity index (χ4v) is 5.12. The number of carboxylic acids is 1. The Labute approximate surface area is 236 Å². The molecule has 1 atom stereocenters. The maximum absolute atomic E-state index is 13.5. The topological polar surface area (TPSA) is 119 Å². The number of rotatable bonds is 9. The smallest absolute Gasteiger partial charge is 0.334 e. The second-order valence-electron chi connectivity index (χ2n) is 9.71. The number of halogens is 1. The average molecular weight is 595 g/mol. The van der Waals surface area contributed by atoms with Crippen LogP contribution in [-0.2, 0) is 11.3 Å². The third kappa shape index (κ3) is 7.91. The molecule has 4 N–H and O–H groups in total. The van der Waals surface area contributed by atoms with Crippen LogP contribution in [0.15, 0.2) is 77.3 Å². The van der Waals surface area contributed by atoms with Gasteiger partial charge in [-0.05, 0) is 72.4 Å². The van der Waals surface area contributed by atoms with Crippen LogP contribution >= 0.6 is 15.9 Å². The summed E-state index contributed by atoms with van der Waals surface area (Å²) in [7, 11) is 0. The number of amides is 3. The molecule has 0 heterocycles. The number of hydrogen-bond donors (Lipinski definition) is 4. The lowest BCUT2D eigenvalue weighted by atomic mass is 9.84. The summed E-state index contributed by atoms with van der Waals surface area (Å²) in [6.45, 7) is -0.126. The van der Waals surface area contributed by atoms with Crippen LogP contribution in [0.5, 0.6) is 0 Å². The van der Waals surface area contributed by atoms with Crippen LogP contribution in [0.1, 0.15) is 59.5 Å². The summed E-state index contributed by atoms with van der Waals surface area (Å²) in [5, 5.41) is 23.5. The van der Waals surface area contributed by atoms with E-state index in [-0.39, 0.29) is 12.6 Å². The van der Waals surface area contributed by atoms with Crippen molar-refractivity contribution in [1.29, 1.82) is 0 Å². The van der Waals surface area contributed by atoms with E-state index >= 15 is 0 Å². The predicted octanol–water partition coefficient (Wildman–Crippen LogP) is 5.91. The van der Waals surface area contributed by atoms with Crippen LogP contribution in [-0.4, -0.2) is 40.8 Å². The number of aliphatic hydroxyl groups excluding tert-OH is 1. The van der Waals surface area contributed by atoms with Crippen molar-refractivity contribution in [2.24, 2.45) is 0 Å². The van der Waals surface area contributed by atoms with E-state index in [1.54, 1.807) is 29.2 Å². The first kappa shape index (κ1) is 28.3. The molecule has 39 heavy (non-hydrogen) atoms. The van der Waals surface area contributed by atoms with E-state index < -0.39 is 24.5 Å². The van der Waals surface area contributed by atoms with Crippen LogP contribution < -0.4 is 15.5 Å². The van der Waals surface area contributed by atoms with Gasteiger partial charge in [0.2, 0.25) is 0 Å². The quantitative estimate of drug-likeness (QED) is 0.246. The number of urea groups is 1. The highest BCUT2D eigenvalue weighted by atomic mass is 79.9. The third-order valence-electron chi connectivity index (χ3n) is 6.90. The zero-order chi connectivity index (χ0) is 27.8. The minimum atomic E-state index is -1.67. The Morgan fingerprint density at radius 2 is 1.64 bits per heavy atom. The molecule has 4 rings (SSSR count). The first-order valence-corrected chi connectivity index (χ1v) is 13.8. The molecule has 0 aliphatic heterocycles. The van der Waals surface area contributed by atoms with Crippen LogP contribution in [0.4, 0.5) is 16.2 Å². The second-order valence-corrected chi connectivity index (χ2v) is 10.6. The van der Waals surface area contributed by atoms with Crippen molar-refractivity contribution < 1.29 is 24.6 Å². The Balaban J connectivity index is 1.51. The van der Waals surface area contributed by atoms with Crippen molar-refractivity contribution in [3.8, 4) is 0 Å². The number of carboxylic acid groups (broad SMARTS) is 1. The van der Waals surface area contributed by atoms with Gasteiger partial charge in [-0.3, -0.25) is 9.69 Å². The van der Waals surface area contributed by atoms with E-state index in [1.165, 1.54) is 37.7 Å². The van der Waals surface area contributed by atoms with Gasteiger partial charge < -0.3 is 20.8 Å². The Morgan fingerprint density at radius 3 is 2.28 bits per heavy atom. The number of aliphatic hydroxyl groups is 1. The van der Waals surface area contributed by atoms with E-state index in [2.05, 4.69) is 38.7 Å². The van der Waals surface area contributed by atoms with Gasteiger partial charge in [-0.2, -0.15) is 0 Å². The van der Waals surface area contributed by atoms with Crippen molar-refractivity contribution in [1.82, 2.24) is 5.32 Å². The molecular formula is C30H32BrN3O5. The highest BCUT2D eigenvalue weighted by Crippen LogP contribution is 2.33. The number of carbonyl (C=O) groups excluding carboxylic acids is 2. The molecule has 9 heteroatoms. The lowest BCUT2D eigenvalue weighted by Gasteiger charge is -2.26. The molecule has 1 fully saturated rings. The summed E-state index contributed by atoms with van der Waals surface area (Å²) in [4.78, 5) is 38.2. The van der Waals surface area contributed by atoms with Gasteiger partial charge in [0.05, 0.1) is 13.1 Å². The molecule has 1 aliphatic carbocycles. The Hall–Kier alpha value is -3.69. The summed E-state index contributed by atoms with van der Waals surface area (Å²) in [5.41, 5.74) is 3.84. The molecule has 0 saturated heterocycles. The molecule has 0 bridgehead atoms. The molecular weight excluding hydrogens is 562 g/mol. The number of nitrogens with one attached hydrogen (secondary N) is 2. The number of anilines is 2. The molecule has 3 aromatic carbocycles. The zero-order valence-corrected chi connectivity index (χ0v) is 23.1. The summed E-state index contributed by atoms with van der Waals surface area (Å²) in [6, 6.07) is 22.0. The summed E-state index contributed by atoms with van der Waals surface area (Å²) in [6.07, 6.45) is 4.52. The lowest BCUT2D eigenvalue weighted by Crippen LogP contribution is -2.36. The normalized spacial score (nSPS) is 14.3. The largest absolute Gasteiger partial charge is 0.479 e. The number of benzene rings is 3. The summed E-state index contributed by atoms with van der Waals surface area (Å²) in [5.74, 6) is -1.34. The molecule has 1 saturated carbocycles. The van der Waals surface area contributed by atoms with E-state index in [1.807, 2.05) is 36.4 Å². The molecule has 3 aromatic rings. The van der Waals surface area contributed by atoms with Crippen LogP contribution in [0.3, 0.4) is 0 Å². The standard InChI is InChI=1S/C30H32BrN3O5/c31-24-7-4-8-25(17-24)33-30(39)34(26-15-13-22(14-16-26)21-5-2-1-3-6-21)19-20-9-11-23(12-10-20)28(36)32-18-27(35)29(37)38/h4,7-17,21,27,35H,1-3,5-6,18-19H2,(H,32,36)(H,33,39)(H,37,38)/t27-/m1/s1. The number of aliphatic carboxylic acids is 1. The van der Waals surface area contributed by atoms with Crippen molar-refractivity contribution in [2.75, 3.05) is 16.8 Å². The highest BCUT2D eigenvalue weighted by Gasteiger charge is 2.20. The van der Waals surface area contributed by atoms with Gasteiger partial charge in [0.15, 0.2) is 6.10 Å². The highest BCUT2D eigenvalue weighted by molar-refractivity contribution is 9.10. The molecule has 8 nitrogen and oxygen atoms in total. The van der Waals surface area contributed by atoms with Gasteiger partial charge in [-0.1, -0.05) is 65.5 Å². The fourth-order valence-electron chi connectivity index (χ4n) is 4.72. The summed E-state index contributed by atoms with van der Waals surface area (Å²) >= 11 is 3.44. The number of nitrogens with zero attached hydrogens (tertiary/aromatic N) is 1. The molecule has 1 aliphatic rings. The first-order valence-electron chi connectivity index (χ1n) is 13.0. The Kier molecular flexibility index (Phi) is 9.73. The zero-order valence-electron chi connectivity index (χ0n) is 21.5. The van der Waals surface area contributed by atoms with E-state index in [4.69, 9.17) is 5.11 Å². The average Bonchev–Trinajstić information content (AvgIpc) is 2.95. The number of hydrogen-bond acceptors (Lipinski definition) is 4. The van der Waals surface area contributed by atoms with Crippen LogP contribution in [0.2, 0.25) is 0 Å². The SMILES string of the molecule is O=C(NC[C@@H](O)C(=O)O)c1ccc(CN(C(=O)Nc2cccc(Br)c2)c2ccc(C3CCCCC3)cc2)cc1. The van der Waals surface area contributed by atoms with Crippen LogP contribution in [0, 0.1) is 0 Å². The maximum Gasteiger partial charge on any atom is 0.334 e. The molecule has 3 amide bonds. The minimum absolute atomic E-state index is 0.266. The third-order valence-corrected chi connectivity index (χ3v) is 7.39. The molecule has 0 unspecified atom stereocenters. The maximum atomic E-state index is 13.5. The van der Waals surface area contributed by atoms with Gasteiger partial charge in [0.1, 0.15) is 0 Å².